The van der Waals surface area contributed by atoms with E-state index in [1.165, 1.54) is 26.0 Å². The Bertz CT molecular complexity index is 506. The molecule has 2 heterocycles. The summed E-state index contributed by atoms with van der Waals surface area (Å²) in [6.07, 6.45) is 2.50. The lowest BCUT2D eigenvalue weighted by molar-refractivity contribution is -0.385. The number of benzene rings is 1. The SMILES string of the molecule is COc1cc(N2CC3CCCNC3C2)ccc1[N+](=O)[O-]. The molecule has 108 valence electrons. The molecule has 2 unspecified atom stereocenters. The molecule has 0 bridgehead atoms. The largest absolute Gasteiger partial charge is 0.490 e. The fourth-order valence-corrected chi connectivity index (χ4v) is 3.27. The Labute approximate surface area is 117 Å². The van der Waals surface area contributed by atoms with E-state index in [9.17, 15) is 10.1 Å². The molecule has 20 heavy (non-hydrogen) atoms. The zero-order chi connectivity index (χ0) is 14.1. The predicted octanol–water partition coefficient (Wildman–Crippen LogP) is 1.79. The number of hydrogen-bond donors (Lipinski definition) is 1. The van der Waals surface area contributed by atoms with Gasteiger partial charge in [0.25, 0.3) is 0 Å². The van der Waals surface area contributed by atoms with Gasteiger partial charge in [0.05, 0.1) is 12.0 Å². The number of rotatable bonds is 3. The zero-order valence-electron chi connectivity index (χ0n) is 11.5. The van der Waals surface area contributed by atoms with E-state index >= 15 is 0 Å². The van der Waals surface area contributed by atoms with E-state index in [1.54, 1.807) is 6.07 Å². The second kappa shape index (κ2) is 5.28. The number of nitro benzene ring substituents is 1. The number of nitrogens with one attached hydrogen (secondary N) is 1. The van der Waals surface area contributed by atoms with Gasteiger partial charge in [0, 0.05) is 37.0 Å². The summed E-state index contributed by atoms with van der Waals surface area (Å²) >= 11 is 0. The van der Waals surface area contributed by atoms with Gasteiger partial charge in [-0.15, -0.1) is 0 Å². The van der Waals surface area contributed by atoms with Crippen LogP contribution in [0.25, 0.3) is 0 Å². The quantitative estimate of drug-likeness (QED) is 0.674. The van der Waals surface area contributed by atoms with Crippen LogP contribution in [0.15, 0.2) is 18.2 Å². The zero-order valence-corrected chi connectivity index (χ0v) is 11.5. The van der Waals surface area contributed by atoms with Crippen LogP contribution in [0.1, 0.15) is 12.8 Å². The summed E-state index contributed by atoms with van der Waals surface area (Å²) in [4.78, 5) is 12.8. The van der Waals surface area contributed by atoms with Crippen molar-refractivity contribution in [2.75, 3.05) is 31.6 Å². The van der Waals surface area contributed by atoms with Gasteiger partial charge < -0.3 is 15.0 Å². The molecule has 6 nitrogen and oxygen atoms in total. The van der Waals surface area contributed by atoms with Gasteiger partial charge in [-0.2, -0.15) is 0 Å². The highest BCUT2D eigenvalue weighted by Crippen LogP contribution is 2.34. The maximum Gasteiger partial charge on any atom is 0.311 e. The van der Waals surface area contributed by atoms with Gasteiger partial charge in [-0.3, -0.25) is 10.1 Å². The van der Waals surface area contributed by atoms with Crippen molar-refractivity contribution in [1.29, 1.82) is 0 Å². The Balaban J connectivity index is 1.82. The molecule has 0 aromatic heterocycles. The first-order chi connectivity index (χ1) is 9.69. The first-order valence-corrected chi connectivity index (χ1v) is 7.00. The van der Waals surface area contributed by atoms with Crippen molar-refractivity contribution in [3.8, 4) is 5.75 Å². The van der Waals surface area contributed by atoms with E-state index < -0.39 is 4.92 Å². The highest BCUT2D eigenvalue weighted by Gasteiger charge is 2.34. The van der Waals surface area contributed by atoms with E-state index in [2.05, 4.69) is 10.2 Å². The third-order valence-corrected chi connectivity index (χ3v) is 4.32. The summed E-state index contributed by atoms with van der Waals surface area (Å²) in [6, 6.07) is 5.67. The van der Waals surface area contributed by atoms with Gasteiger partial charge in [-0.1, -0.05) is 0 Å². The summed E-state index contributed by atoms with van der Waals surface area (Å²) in [5.41, 5.74) is 1.02. The number of hydrogen-bond acceptors (Lipinski definition) is 5. The van der Waals surface area contributed by atoms with Crippen LogP contribution in [-0.4, -0.2) is 37.7 Å². The second-order valence-corrected chi connectivity index (χ2v) is 5.48. The number of fused-ring (bicyclic) bond motifs is 1. The molecule has 2 aliphatic rings. The Morgan fingerprint density at radius 2 is 2.30 bits per heavy atom. The number of anilines is 1. The maximum absolute atomic E-state index is 10.9. The molecule has 6 heteroatoms. The third kappa shape index (κ3) is 2.31. The van der Waals surface area contributed by atoms with Crippen LogP contribution < -0.4 is 15.0 Å². The van der Waals surface area contributed by atoms with Gasteiger partial charge in [0.15, 0.2) is 5.75 Å². The summed E-state index contributed by atoms with van der Waals surface area (Å²) in [6.45, 7) is 3.07. The van der Waals surface area contributed by atoms with Crippen molar-refractivity contribution in [3.63, 3.8) is 0 Å². The van der Waals surface area contributed by atoms with Crippen LogP contribution in [0.3, 0.4) is 0 Å². The molecule has 0 saturated carbocycles. The van der Waals surface area contributed by atoms with Crippen molar-refractivity contribution in [2.24, 2.45) is 5.92 Å². The van der Waals surface area contributed by atoms with Gasteiger partial charge in [0.2, 0.25) is 0 Å². The summed E-state index contributed by atoms with van der Waals surface area (Å²) < 4.78 is 5.14. The van der Waals surface area contributed by atoms with Crippen molar-refractivity contribution in [1.82, 2.24) is 5.32 Å². The van der Waals surface area contributed by atoms with Crippen LogP contribution in [-0.2, 0) is 0 Å². The van der Waals surface area contributed by atoms with Crippen LogP contribution >= 0.6 is 0 Å². The van der Waals surface area contributed by atoms with Gasteiger partial charge >= 0.3 is 5.69 Å². The molecule has 2 saturated heterocycles. The van der Waals surface area contributed by atoms with E-state index in [0.717, 1.165) is 25.3 Å². The summed E-state index contributed by atoms with van der Waals surface area (Å²) in [5, 5.41) is 14.5. The van der Waals surface area contributed by atoms with Crippen molar-refractivity contribution in [2.45, 2.75) is 18.9 Å². The Morgan fingerprint density at radius 1 is 1.45 bits per heavy atom. The van der Waals surface area contributed by atoms with E-state index in [1.807, 2.05) is 6.07 Å². The van der Waals surface area contributed by atoms with E-state index in [-0.39, 0.29) is 5.69 Å². The molecule has 0 amide bonds. The number of ether oxygens (including phenoxy) is 1. The fourth-order valence-electron chi connectivity index (χ4n) is 3.27. The Kier molecular flexibility index (Phi) is 3.48. The smallest absolute Gasteiger partial charge is 0.311 e. The third-order valence-electron chi connectivity index (χ3n) is 4.32. The van der Waals surface area contributed by atoms with E-state index in [4.69, 9.17) is 4.74 Å². The van der Waals surface area contributed by atoms with Gasteiger partial charge in [-0.05, 0) is 31.4 Å². The molecular weight excluding hydrogens is 258 g/mol. The minimum Gasteiger partial charge on any atom is -0.490 e. The average molecular weight is 277 g/mol. The molecule has 1 aromatic rings. The lowest BCUT2D eigenvalue weighted by Crippen LogP contribution is -2.40. The number of piperidine rings is 1. The minimum atomic E-state index is -0.409. The highest BCUT2D eigenvalue weighted by molar-refractivity contribution is 5.60. The van der Waals surface area contributed by atoms with E-state index in [0.29, 0.717) is 17.7 Å². The van der Waals surface area contributed by atoms with Crippen LogP contribution in [0, 0.1) is 16.0 Å². The number of nitrogens with zero attached hydrogens (tertiary/aromatic N) is 2. The topological polar surface area (TPSA) is 67.6 Å². The first kappa shape index (κ1) is 13.2. The average Bonchev–Trinajstić information content (AvgIpc) is 2.90. The Morgan fingerprint density at radius 3 is 3.00 bits per heavy atom. The molecule has 2 atom stereocenters. The summed E-state index contributed by atoms with van der Waals surface area (Å²) in [5.74, 6) is 1.01. The molecule has 2 aliphatic heterocycles. The highest BCUT2D eigenvalue weighted by atomic mass is 16.6. The molecule has 1 aromatic carbocycles. The minimum absolute atomic E-state index is 0.0194. The van der Waals surface area contributed by atoms with Crippen LogP contribution in [0.4, 0.5) is 11.4 Å². The standard InChI is InChI=1S/C14H19N3O3/c1-20-14-7-11(4-5-13(14)17(18)19)16-8-10-3-2-6-15-12(10)9-16/h4-5,7,10,12,15H,2-3,6,8-9H2,1H3. The number of methoxy groups -OCH3 is 1. The second-order valence-electron chi connectivity index (χ2n) is 5.48. The molecular formula is C14H19N3O3. The summed E-state index contributed by atoms with van der Waals surface area (Å²) in [7, 11) is 1.47. The Hall–Kier alpha value is -1.82. The van der Waals surface area contributed by atoms with Crippen molar-refractivity contribution >= 4 is 11.4 Å². The lowest BCUT2D eigenvalue weighted by atomic mass is 9.94. The predicted molar refractivity (Wildman–Crippen MR) is 76.4 cm³/mol. The molecule has 1 N–H and O–H groups in total. The van der Waals surface area contributed by atoms with Gasteiger partial charge in [0.1, 0.15) is 0 Å². The lowest BCUT2D eigenvalue weighted by Gasteiger charge is -2.24. The molecule has 3 rings (SSSR count). The number of nitro groups is 1. The van der Waals surface area contributed by atoms with Gasteiger partial charge in [-0.25, -0.2) is 0 Å². The molecule has 2 fully saturated rings. The van der Waals surface area contributed by atoms with Crippen molar-refractivity contribution in [3.05, 3.63) is 28.3 Å². The monoisotopic (exact) mass is 277 g/mol. The molecule has 0 spiro atoms. The fraction of sp³-hybridized carbons (Fsp3) is 0.571. The van der Waals surface area contributed by atoms with Crippen molar-refractivity contribution < 1.29 is 9.66 Å². The van der Waals surface area contributed by atoms with Crippen LogP contribution in [0.5, 0.6) is 5.75 Å². The normalized spacial score (nSPS) is 25.4. The molecule has 0 aliphatic carbocycles. The first-order valence-electron chi connectivity index (χ1n) is 7.00. The molecule has 0 radical (unpaired) electrons. The maximum atomic E-state index is 10.9. The van der Waals surface area contributed by atoms with Crippen LogP contribution in [0.2, 0.25) is 0 Å².